The number of carbonyl (C=O) groups is 1. The lowest BCUT2D eigenvalue weighted by Gasteiger charge is -2.29. The van der Waals surface area contributed by atoms with Gasteiger partial charge in [0.2, 0.25) is 11.8 Å². The van der Waals surface area contributed by atoms with E-state index in [1.807, 2.05) is 0 Å². The van der Waals surface area contributed by atoms with E-state index in [1.165, 1.54) is 0 Å². The van der Waals surface area contributed by atoms with Gasteiger partial charge in [0.1, 0.15) is 5.60 Å². The molecule has 1 heterocycles. The SMILES string of the molecule is CC(C)(C)OC(=O)Nn1c(O)c2c(c1O)C1C=CC2[C@@H]2C[C@@H]12. The summed E-state index contributed by atoms with van der Waals surface area (Å²) >= 11 is 0. The molecule has 1 aromatic rings. The number of hydrogen-bond donors (Lipinski definition) is 3. The molecule has 2 bridgehead atoms. The Bertz CT molecular complexity index is 656. The van der Waals surface area contributed by atoms with Crippen LogP contribution in [0.2, 0.25) is 0 Å². The minimum absolute atomic E-state index is 0.0944. The van der Waals surface area contributed by atoms with Gasteiger partial charge in [-0.3, -0.25) is 0 Å². The molecule has 1 amide bonds. The van der Waals surface area contributed by atoms with Crippen LogP contribution in [0, 0.1) is 11.8 Å². The predicted molar refractivity (Wildman–Crippen MR) is 79.6 cm³/mol. The van der Waals surface area contributed by atoms with Crippen LogP contribution < -0.4 is 5.43 Å². The Kier molecular flexibility index (Phi) is 2.46. The topological polar surface area (TPSA) is 83.7 Å². The van der Waals surface area contributed by atoms with E-state index in [2.05, 4.69) is 17.6 Å². The lowest BCUT2D eigenvalue weighted by molar-refractivity contribution is 0.0607. The summed E-state index contributed by atoms with van der Waals surface area (Å²) in [6.07, 6.45) is 4.64. The number of aromatic nitrogens is 1. The van der Waals surface area contributed by atoms with Crippen LogP contribution in [0.3, 0.4) is 0 Å². The number of ether oxygens (including phenoxy) is 1. The molecule has 0 spiro atoms. The van der Waals surface area contributed by atoms with Crippen LogP contribution in [0.4, 0.5) is 4.79 Å². The Morgan fingerprint density at radius 1 is 1.18 bits per heavy atom. The van der Waals surface area contributed by atoms with Gasteiger partial charge < -0.3 is 14.9 Å². The smallest absolute Gasteiger partial charge is 0.427 e. The molecule has 4 aliphatic rings. The van der Waals surface area contributed by atoms with Crippen molar-refractivity contribution in [2.24, 2.45) is 11.8 Å². The fourth-order valence-electron chi connectivity index (χ4n) is 3.94. The number of allylic oxidation sites excluding steroid dienone is 2. The van der Waals surface area contributed by atoms with Crippen molar-refractivity contribution in [2.75, 3.05) is 5.43 Å². The zero-order valence-electron chi connectivity index (χ0n) is 12.8. The third kappa shape index (κ3) is 1.76. The van der Waals surface area contributed by atoms with E-state index in [4.69, 9.17) is 4.74 Å². The molecule has 2 unspecified atom stereocenters. The summed E-state index contributed by atoms with van der Waals surface area (Å²) in [6, 6.07) is 0. The van der Waals surface area contributed by atoms with Gasteiger partial charge >= 0.3 is 6.09 Å². The maximum absolute atomic E-state index is 11.9. The van der Waals surface area contributed by atoms with Gasteiger partial charge in [-0.1, -0.05) is 12.2 Å². The van der Waals surface area contributed by atoms with E-state index in [0.29, 0.717) is 11.8 Å². The fraction of sp³-hybridized carbons (Fsp3) is 0.562. The second-order valence-electron chi connectivity index (χ2n) is 7.42. The van der Waals surface area contributed by atoms with Crippen LogP contribution in [-0.2, 0) is 4.74 Å². The summed E-state index contributed by atoms with van der Waals surface area (Å²) in [4.78, 5) is 11.9. The molecule has 1 fully saturated rings. The summed E-state index contributed by atoms with van der Waals surface area (Å²) in [5, 5.41) is 20.9. The second kappa shape index (κ2) is 4.00. The van der Waals surface area contributed by atoms with Crippen molar-refractivity contribution < 1.29 is 19.7 Å². The van der Waals surface area contributed by atoms with Crippen LogP contribution in [0.25, 0.3) is 0 Å². The van der Waals surface area contributed by atoms with Gasteiger partial charge in [0.25, 0.3) is 0 Å². The molecule has 3 N–H and O–H groups in total. The summed E-state index contributed by atoms with van der Waals surface area (Å²) < 4.78 is 6.21. The highest BCUT2D eigenvalue weighted by Crippen LogP contribution is 2.67. The van der Waals surface area contributed by atoms with E-state index in [9.17, 15) is 15.0 Å². The quantitative estimate of drug-likeness (QED) is 0.697. The van der Waals surface area contributed by atoms with Gasteiger partial charge in [-0.25, -0.2) is 10.2 Å². The first-order chi connectivity index (χ1) is 10.3. The van der Waals surface area contributed by atoms with Crippen LogP contribution in [-0.4, -0.2) is 26.6 Å². The van der Waals surface area contributed by atoms with E-state index < -0.39 is 11.7 Å². The molecule has 0 aliphatic heterocycles. The number of nitrogens with one attached hydrogen (secondary N) is 1. The van der Waals surface area contributed by atoms with Crippen molar-refractivity contribution in [3.63, 3.8) is 0 Å². The first-order valence-corrected chi connectivity index (χ1v) is 7.62. The van der Waals surface area contributed by atoms with Gasteiger partial charge in [-0.2, -0.15) is 4.68 Å². The molecule has 0 radical (unpaired) electrons. The third-order valence-corrected chi connectivity index (χ3v) is 4.80. The monoisotopic (exact) mass is 304 g/mol. The molecule has 6 nitrogen and oxygen atoms in total. The molecule has 118 valence electrons. The molecular formula is C16H20N2O4. The van der Waals surface area contributed by atoms with Crippen molar-refractivity contribution in [2.45, 2.75) is 44.6 Å². The zero-order valence-corrected chi connectivity index (χ0v) is 12.8. The molecule has 0 aromatic carbocycles. The van der Waals surface area contributed by atoms with Gasteiger partial charge in [-0.05, 0) is 39.0 Å². The molecule has 6 heteroatoms. The van der Waals surface area contributed by atoms with Crippen LogP contribution in [0.1, 0.15) is 50.2 Å². The van der Waals surface area contributed by atoms with Gasteiger partial charge in [-0.15, -0.1) is 0 Å². The second-order valence-corrected chi connectivity index (χ2v) is 7.42. The largest absolute Gasteiger partial charge is 0.493 e. The zero-order chi connectivity index (χ0) is 15.8. The third-order valence-electron chi connectivity index (χ3n) is 4.80. The number of hydrogen-bond acceptors (Lipinski definition) is 4. The van der Waals surface area contributed by atoms with Crippen molar-refractivity contribution in [1.82, 2.24) is 4.68 Å². The standard InChI is InChI=1S/C16H20N2O4/c1-16(2,3)22-15(21)17-18-13(19)11-7-4-5-8(10-6-9(7)10)12(11)14(18)20/h4-5,7-10,19-20H,6H2,1-3H3,(H,17,21)/t7?,8?,9-,10-/m0/s1. The summed E-state index contributed by atoms with van der Waals surface area (Å²) in [6.45, 7) is 5.26. The molecule has 1 aromatic heterocycles. The summed E-state index contributed by atoms with van der Waals surface area (Å²) in [7, 11) is 0. The Morgan fingerprint density at radius 3 is 2.14 bits per heavy atom. The Balaban J connectivity index is 1.68. The molecule has 22 heavy (non-hydrogen) atoms. The van der Waals surface area contributed by atoms with E-state index in [1.54, 1.807) is 20.8 Å². The average molecular weight is 304 g/mol. The van der Waals surface area contributed by atoms with Crippen LogP contribution in [0.5, 0.6) is 11.8 Å². The van der Waals surface area contributed by atoms with Crippen molar-refractivity contribution in [3.8, 4) is 11.8 Å². The highest BCUT2D eigenvalue weighted by atomic mass is 16.6. The first-order valence-electron chi connectivity index (χ1n) is 7.62. The van der Waals surface area contributed by atoms with E-state index >= 15 is 0 Å². The lowest BCUT2D eigenvalue weighted by atomic mass is 9.73. The van der Waals surface area contributed by atoms with Gasteiger partial charge in [0.05, 0.1) is 0 Å². The average Bonchev–Trinajstić information content (AvgIpc) is 3.18. The molecule has 4 atom stereocenters. The highest BCUT2D eigenvalue weighted by Gasteiger charge is 2.57. The predicted octanol–water partition coefficient (Wildman–Crippen LogP) is 2.76. The normalized spacial score (nSPS) is 30.7. The van der Waals surface area contributed by atoms with Crippen molar-refractivity contribution in [3.05, 3.63) is 23.3 Å². The highest BCUT2D eigenvalue weighted by molar-refractivity contribution is 5.77. The number of amides is 1. The number of nitrogens with zero attached hydrogens (tertiary/aromatic N) is 1. The fourth-order valence-corrected chi connectivity index (χ4v) is 3.94. The van der Waals surface area contributed by atoms with Crippen molar-refractivity contribution >= 4 is 6.09 Å². The minimum Gasteiger partial charge on any atom is -0.493 e. The molecule has 5 rings (SSSR count). The van der Waals surface area contributed by atoms with E-state index in [0.717, 1.165) is 22.2 Å². The van der Waals surface area contributed by atoms with Crippen LogP contribution >= 0.6 is 0 Å². The summed E-state index contributed by atoms with van der Waals surface area (Å²) in [5.41, 5.74) is 3.27. The molecule has 0 saturated heterocycles. The van der Waals surface area contributed by atoms with Crippen LogP contribution in [0.15, 0.2) is 12.2 Å². The number of rotatable bonds is 1. The number of aromatic hydroxyl groups is 2. The molecular weight excluding hydrogens is 284 g/mol. The summed E-state index contributed by atoms with van der Waals surface area (Å²) in [5.74, 6) is 1.21. The van der Waals surface area contributed by atoms with E-state index in [-0.39, 0.29) is 23.6 Å². The Hall–Kier alpha value is -2.11. The maximum atomic E-state index is 11.9. The molecule has 1 saturated carbocycles. The van der Waals surface area contributed by atoms with Gasteiger partial charge in [0, 0.05) is 23.0 Å². The molecule has 4 aliphatic carbocycles. The lowest BCUT2D eigenvalue weighted by Crippen LogP contribution is -2.31. The Morgan fingerprint density at radius 2 is 1.68 bits per heavy atom. The van der Waals surface area contributed by atoms with Crippen molar-refractivity contribution in [1.29, 1.82) is 0 Å². The Labute approximate surface area is 128 Å². The minimum atomic E-state index is -0.712. The maximum Gasteiger partial charge on any atom is 0.427 e. The van der Waals surface area contributed by atoms with Gasteiger partial charge in [0.15, 0.2) is 0 Å². The number of carbonyl (C=O) groups excluding carboxylic acids is 1. The first kappa shape index (κ1) is 13.5.